The summed E-state index contributed by atoms with van der Waals surface area (Å²) in [6.45, 7) is 6.90. The first kappa shape index (κ1) is 14.7. The molecule has 0 amide bonds. The smallest absolute Gasteiger partial charge is 0.255 e. The SMILES string of the molecule is CCn1c(Cc2ccccc2)c(C(C)C)c(=O)[nH]c1=S. The lowest BCUT2D eigenvalue weighted by molar-refractivity contribution is 0.647. The number of aromatic amines is 1. The van der Waals surface area contributed by atoms with Gasteiger partial charge in [0.1, 0.15) is 0 Å². The number of H-pyrrole nitrogens is 1. The third-order valence-corrected chi connectivity index (χ3v) is 3.78. The summed E-state index contributed by atoms with van der Waals surface area (Å²) in [4.78, 5) is 15.0. The zero-order valence-electron chi connectivity index (χ0n) is 12.1. The lowest BCUT2D eigenvalue weighted by Crippen LogP contribution is -2.24. The van der Waals surface area contributed by atoms with Gasteiger partial charge in [0.25, 0.3) is 5.56 Å². The molecule has 1 aromatic carbocycles. The fourth-order valence-corrected chi connectivity index (χ4v) is 2.87. The van der Waals surface area contributed by atoms with Gasteiger partial charge < -0.3 is 4.57 Å². The molecule has 1 aromatic heterocycles. The molecule has 0 bridgehead atoms. The van der Waals surface area contributed by atoms with E-state index in [0.29, 0.717) is 4.77 Å². The van der Waals surface area contributed by atoms with Gasteiger partial charge in [-0.1, -0.05) is 44.2 Å². The van der Waals surface area contributed by atoms with Crippen molar-refractivity contribution in [2.45, 2.75) is 39.7 Å². The molecule has 0 unspecified atom stereocenters. The fraction of sp³-hybridized carbons (Fsp3) is 0.375. The summed E-state index contributed by atoms with van der Waals surface area (Å²) in [6, 6.07) is 10.2. The van der Waals surface area contributed by atoms with Crippen molar-refractivity contribution in [3.05, 3.63) is 62.3 Å². The van der Waals surface area contributed by atoms with E-state index in [0.717, 1.165) is 24.2 Å². The van der Waals surface area contributed by atoms with Crippen LogP contribution in [-0.2, 0) is 13.0 Å². The van der Waals surface area contributed by atoms with Crippen molar-refractivity contribution in [3.63, 3.8) is 0 Å². The maximum absolute atomic E-state index is 12.2. The molecule has 106 valence electrons. The van der Waals surface area contributed by atoms with E-state index < -0.39 is 0 Å². The van der Waals surface area contributed by atoms with Gasteiger partial charge in [0, 0.05) is 24.2 Å². The maximum Gasteiger partial charge on any atom is 0.255 e. The number of hydrogen-bond donors (Lipinski definition) is 1. The molecule has 0 aliphatic rings. The Bertz CT molecular complexity index is 699. The first-order valence-electron chi connectivity index (χ1n) is 6.94. The Labute approximate surface area is 124 Å². The standard InChI is InChI=1S/C16H20N2OS/c1-4-18-13(10-12-8-6-5-7-9-12)14(11(2)3)15(19)17-16(18)20/h5-9,11H,4,10H2,1-3H3,(H,17,19,20). The number of nitrogens with one attached hydrogen (secondary N) is 1. The molecule has 20 heavy (non-hydrogen) atoms. The predicted octanol–water partition coefficient (Wildman–Crippen LogP) is 3.64. The van der Waals surface area contributed by atoms with E-state index in [1.165, 1.54) is 5.56 Å². The molecule has 0 spiro atoms. The second kappa shape index (κ2) is 6.18. The Morgan fingerprint density at radius 2 is 1.90 bits per heavy atom. The minimum atomic E-state index is -0.0550. The Kier molecular flexibility index (Phi) is 4.55. The van der Waals surface area contributed by atoms with Crippen molar-refractivity contribution in [3.8, 4) is 0 Å². The molecule has 0 atom stereocenters. The highest BCUT2D eigenvalue weighted by atomic mass is 32.1. The normalized spacial score (nSPS) is 11.0. The quantitative estimate of drug-likeness (QED) is 0.872. The summed E-state index contributed by atoms with van der Waals surface area (Å²) in [7, 11) is 0. The van der Waals surface area contributed by atoms with Crippen LogP contribution < -0.4 is 5.56 Å². The number of rotatable bonds is 4. The lowest BCUT2D eigenvalue weighted by atomic mass is 9.98. The summed E-state index contributed by atoms with van der Waals surface area (Å²) >= 11 is 5.30. The molecule has 1 heterocycles. The van der Waals surface area contributed by atoms with E-state index >= 15 is 0 Å². The molecule has 3 nitrogen and oxygen atoms in total. The van der Waals surface area contributed by atoms with Crippen LogP contribution in [0.3, 0.4) is 0 Å². The van der Waals surface area contributed by atoms with Gasteiger partial charge in [-0.3, -0.25) is 9.78 Å². The van der Waals surface area contributed by atoms with Gasteiger partial charge in [-0.05, 0) is 30.6 Å². The molecule has 0 radical (unpaired) electrons. The van der Waals surface area contributed by atoms with Gasteiger partial charge in [-0.25, -0.2) is 0 Å². The average Bonchev–Trinajstić information content (AvgIpc) is 2.39. The van der Waals surface area contributed by atoms with Crippen LogP contribution >= 0.6 is 12.2 Å². The Morgan fingerprint density at radius 3 is 2.45 bits per heavy atom. The Hall–Kier alpha value is -1.68. The molecule has 2 rings (SSSR count). The first-order chi connectivity index (χ1) is 9.54. The van der Waals surface area contributed by atoms with Gasteiger partial charge in [-0.15, -0.1) is 0 Å². The monoisotopic (exact) mass is 288 g/mol. The zero-order valence-corrected chi connectivity index (χ0v) is 13.0. The molecule has 0 aliphatic carbocycles. The summed E-state index contributed by atoms with van der Waals surface area (Å²) in [5.41, 5.74) is 3.00. The van der Waals surface area contributed by atoms with Gasteiger partial charge in [0.05, 0.1) is 0 Å². The Morgan fingerprint density at radius 1 is 1.25 bits per heavy atom. The predicted molar refractivity (Wildman–Crippen MR) is 84.9 cm³/mol. The molecule has 2 aromatic rings. The van der Waals surface area contributed by atoms with Crippen LogP contribution in [-0.4, -0.2) is 9.55 Å². The highest BCUT2D eigenvalue weighted by Crippen LogP contribution is 2.19. The summed E-state index contributed by atoms with van der Waals surface area (Å²) in [5, 5.41) is 0. The van der Waals surface area contributed by atoms with Crippen LogP contribution in [0.25, 0.3) is 0 Å². The topological polar surface area (TPSA) is 37.8 Å². The average molecular weight is 288 g/mol. The largest absolute Gasteiger partial charge is 0.322 e. The van der Waals surface area contributed by atoms with Gasteiger partial charge in [0.2, 0.25) is 0 Å². The van der Waals surface area contributed by atoms with E-state index in [2.05, 4.69) is 17.1 Å². The molecule has 0 saturated heterocycles. The number of benzene rings is 1. The van der Waals surface area contributed by atoms with E-state index in [-0.39, 0.29) is 11.5 Å². The molecule has 0 fully saturated rings. The zero-order chi connectivity index (χ0) is 14.7. The summed E-state index contributed by atoms with van der Waals surface area (Å²) in [6.07, 6.45) is 0.732. The highest BCUT2D eigenvalue weighted by molar-refractivity contribution is 7.71. The van der Waals surface area contributed by atoms with Crippen LogP contribution in [0.4, 0.5) is 0 Å². The molecule has 1 N–H and O–H groups in total. The molecular formula is C16H20N2OS. The molecule has 0 saturated carbocycles. The van der Waals surface area contributed by atoms with Crippen LogP contribution in [0.15, 0.2) is 35.1 Å². The van der Waals surface area contributed by atoms with E-state index in [4.69, 9.17) is 12.2 Å². The van der Waals surface area contributed by atoms with Crippen LogP contribution in [0.1, 0.15) is 43.5 Å². The van der Waals surface area contributed by atoms with E-state index in [1.807, 2.05) is 43.5 Å². The van der Waals surface area contributed by atoms with Gasteiger partial charge >= 0.3 is 0 Å². The minimum Gasteiger partial charge on any atom is -0.322 e. The fourth-order valence-electron chi connectivity index (χ4n) is 2.54. The highest BCUT2D eigenvalue weighted by Gasteiger charge is 2.15. The number of hydrogen-bond acceptors (Lipinski definition) is 2. The van der Waals surface area contributed by atoms with Crippen LogP contribution in [0.2, 0.25) is 0 Å². The molecule has 4 heteroatoms. The summed E-state index contributed by atoms with van der Waals surface area (Å²) in [5.74, 6) is 0.172. The summed E-state index contributed by atoms with van der Waals surface area (Å²) < 4.78 is 2.53. The van der Waals surface area contributed by atoms with Crippen molar-refractivity contribution in [1.82, 2.24) is 9.55 Å². The van der Waals surface area contributed by atoms with Crippen molar-refractivity contribution in [1.29, 1.82) is 0 Å². The molecule has 0 aliphatic heterocycles. The first-order valence-corrected chi connectivity index (χ1v) is 7.35. The lowest BCUT2D eigenvalue weighted by Gasteiger charge is -2.18. The second-order valence-electron chi connectivity index (χ2n) is 5.18. The van der Waals surface area contributed by atoms with Crippen LogP contribution in [0, 0.1) is 4.77 Å². The molecular weight excluding hydrogens is 268 g/mol. The third-order valence-electron chi connectivity index (χ3n) is 3.45. The number of nitrogens with zero attached hydrogens (tertiary/aromatic N) is 1. The van der Waals surface area contributed by atoms with E-state index in [9.17, 15) is 4.79 Å². The number of aromatic nitrogens is 2. The van der Waals surface area contributed by atoms with Crippen molar-refractivity contribution in [2.75, 3.05) is 0 Å². The Balaban J connectivity index is 2.65. The van der Waals surface area contributed by atoms with Crippen LogP contribution in [0.5, 0.6) is 0 Å². The van der Waals surface area contributed by atoms with Gasteiger partial charge in [-0.2, -0.15) is 0 Å². The van der Waals surface area contributed by atoms with Gasteiger partial charge in [0.15, 0.2) is 4.77 Å². The third kappa shape index (κ3) is 2.90. The van der Waals surface area contributed by atoms with Crippen molar-refractivity contribution in [2.24, 2.45) is 0 Å². The van der Waals surface area contributed by atoms with E-state index in [1.54, 1.807) is 0 Å². The maximum atomic E-state index is 12.2. The second-order valence-corrected chi connectivity index (χ2v) is 5.57. The van der Waals surface area contributed by atoms with Crippen molar-refractivity contribution >= 4 is 12.2 Å². The minimum absolute atomic E-state index is 0.0550. The van der Waals surface area contributed by atoms with Crippen molar-refractivity contribution < 1.29 is 0 Å².